The van der Waals surface area contributed by atoms with Gasteiger partial charge in [0, 0.05) is 13.1 Å². The summed E-state index contributed by atoms with van der Waals surface area (Å²) in [6.45, 7) is 1.60. The van der Waals surface area contributed by atoms with Crippen LogP contribution >= 0.6 is 0 Å². The Morgan fingerprint density at radius 2 is 2.19 bits per heavy atom. The standard InChI is InChI=1S/C16H20FNO3/c1-18(9-13-4-2-5-14(17)8-13)10-15(19)11-20-12-16-6-3-7-21-16/h2-8,15,19H,9-12H2,1H3. The maximum absolute atomic E-state index is 13.1. The van der Waals surface area contributed by atoms with Crippen molar-refractivity contribution < 1.29 is 18.7 Å². The van der Waals surface area contributed by atoms with E-state index in [2.05, 4.69) is 0 Å². The van der Waals surface area contributed by atoms with Crippen molar-refractivity contribution in [1.82, 2.24) is 4.90 Å². The molecule has 0 spiro atoms. The Labute approximate surface area is 123 Å². The molecule has 1 atom stereocenters. The van der Waals surface area contributed by atoms with Gasteiger partial charge in [-0.15, -0.1) is 0 Å². The van der Waals surface area contributed by atoms with E-state index in [0.717, 1.165) is 11.3 Å². The van der Waals surface area contributed by atoms with Crippen molar-refractivity contribution in [2.75, 3.05) is 20.2 Å². The summed E-state index contributed by atoms with van der Waals surface area (Å²) >= 11 is 0. The first-order valence-corrected chi connectivity index (χ1v) is 6.84. The number of halogens is 1. The number of aliphatic hydroxyl groups excluding tert-OH is 1. The number of rotatable bonds is 8. The third kappa shape index (κ3) is 5.67. The smallest absolute Gasteiger partial charge is 0.129 e. The Balaban J connectivity index is 1.68. The molecule has 1 heterocycles. The molecule has 1 unspecified atom stereocenters. The van der Waals surface area contributed by atoms with E-state index in [9.17, 15) is 9.50 Å². The second kappa shape index (κ2) is 7.93. The minimum atomic E-state index is -0.599. The predicted molar refractivity (Wildman–Crippen MR) is 77.1 cm³/mol. The topological polar surface area (TPSA) is 45.8 Å². The summed E-state index contributed by atoms with van der Waals surface area (Å²) in [5.74, 6) is 0.485. The van der Waals surface area contributed by atoms with Crippen LogP contribution in [0.3, 0.4) is 0 Å². The summed E-state index contributed by atoms with van der Waals surface area (Å²) in [4.78, 5) is 1.93. The largest absolute Gasteiger partial charge is 0.467 e. The molecule has 0 aliphatic carbocycles. The van der Waals surface area contributed by atoms with E-state index in [0.29, 0.717) is 19.7 Å². The van der Waals surface area contributed by atoms with Crippen LogP contribution in [0.5, 0.6) is 0 Å². The van der Waals surface area contributed by atoms with Crippen molar-refractivity contribution in [3.63, 3.8) is 0 Å². The normalized spacial score (nSPS) is 12.8. The third-order valence-corrected chi connectivity index (χ3v) is 3.00. The second-order valence-electron chi connectivity index (χ2n) is 5.07. The lowest BCUT2D eigenvalue weighted by molar-refractivity contribution is 0.00768. The summed E-state index contributed by atoms with van der Waals surface area (Å²) < 4.78 is 23.6. The van der Waals surface area contributed by atoms with E-state index in [4.69, 9.17) is 9.15 Å². The van der Waals surface area contributed by atoms with Gasteiger partial charge in [0.25, 0.3) is 0 Å². The van der Waals surface area contributed by atoms with Crippen LogP contribution in [0.4, 0.5) is 4.39 Å². The Kier molecular flexibility index (Phi) is 5.92. The van der Waals surface area contributed by atoms with Gasteiger partial charge in [-0.2, -0.15) is 0 Å². The van der Waals surface area contributed by atoms with Crippen LogP contribution in [0.15, 0.2) is 47.1 Å². The number of furan rings is 1. The highest BCUT2D eigenvalue weighted by Crippen LogP contribution is 2.07. The van der Waals surface area contributed by atoms with Gasteiger partial charge in [0.05, 0.1) is 19.0 Å². The summed E-state index contributed by atoms with van der Waals surface area (Å²) in [6, 6.07) is 10.1. The zero-order valence-electron chi connectivity index (χ0n) is 12.0. The molecule has 2 aromatic rings. The van der Waals surface area contributed by atoms with Crippen molar-refractivity contribution in [3.8, 4) is 0 Å². The first-order valence-electron chi connectivity index (χ1n) is 6.84. The summed E-state index contributed by atoms with van der Waals surface area (Å²) in [5, 5.41) is 9.91. The molecule has 1 N–H and O–H groups in total. The summed E-state index contributed by atoms with van der Waals surface area (Å²) in [5.41, 5.74) is 0.876. The highest BCUT2D eigenvalue weighted by Gasteiger charge is 2.10. The fraction of sp³-hybridized carbons (Fsp3) is 0.375. The molecule has 0 bridgehead atoms. The molecule has 0 radical (unpaired) electrons. The Morgan fingerprint density at radius 3 is 2.90 bits per heavy atom. The van der Waals surface area contributed by atoms with Crippen LogP contribution < -0.4 is 0 Å². The van der Waals surface area contributed by atoms with Crippen LogP contribution in [0.2, 0.25) is 0 Å². The van der Waals surface area contributed by atoms with E-state index in [1.54, 1.807) is 18.4 Å². The summed E-state index contributed by atoms with van der Waals surface area (Å²) in [6.07, 6.45) is 0.987. The zero-order chi connectivity index (χ0) is 15.1. The van der Waals surface area contributed by atoms with Gasteiger partial charge < -0.3 is 14.3 Å². The van der Waals surface area contributed by atoms with Crippen molar-refractivity contribution >= 4 is 0 Å². The lowest BCUT2D eigenvalue weighted by Gasteiger charge is -2.20. The molecule has 0 fully saturated rings. The average Bonchev–Trinajstić information content (AvgIpc) is 2.91. The predicted octanol–water partition coefficient (Wildman–Crippen LogP) is 2.43. The summed E-state index contributed by atoms with van der Waals surface area (Å²) in [7, 11) is 1.88. The SMILES string of the molecule is CN(Cc1cccc(F)c1)CC(O)COCc1ccco1. The second-order valence-corrected chi connectivity index (χ2v) is 5.07. The Bertz CT molecular complexity index is 530. The van der Waals surface area contributed by atoms with E-state index < -0.39 is 6.10 Å². The van der Waals surface area contributed by atoms with E-state index in [1.807, 2.05) is 24.1 Å². The first kappa shape index (κ1) is 15.7. The molecule has 0 saturated heterocycles. The monoisotopic (exact) mass is 293 g/mol. The quantitative estimate of drug-likeness (QED) is 0.812. The molecular formula is C16H20FNO3. The maximum atomic E-state index is 13.1. The van der Waals surface area contributed by atoms with Gasteiger partial charge in [0.2, 0.25) is 0 Å². The number of benzene rings is 1. The molecule has 2 rings (SSSR count). The molecule has 114 valence electrons. The van der Waals surface area contributed by atoms with Gasteiger partial charge in [-0.05, 0) is 36.9 Å². The van der Waals surface area contributed by atoms with Crippen molar-refractivity contribution in [1.29, 1.82) is 0 Å². The van der Waals surface area contributed by atoms with Crippen LogP contribution in [-0.2, 0) is 17.9 Å². The molecule has 4 nitrogen and oxygen atoms in total. The number of hydrogen-bond acceptors (Lipinski definition) is 4. The van der Waals surface area contributed by atoms with E-state index in [1.165, 1.54) is 12.1 Å². The van der Waals surface area contributed by atoms with Crippen LogP contribution in [0.25, 0.3) is 0 Å². The van der Waals surface area contributed by atoms with E-state index >= 15 is 0 Å². The molecule has 1 aromatic carbocycles. The molecule has 1 aromatic heterocycles. The lowest BCUT2D eigenvalue weighted by Crippen LogP contribution is -2.31. The van der Waals surface area contributed by atoms with Gasteiger partial charge >= 0.3 is 0 Å². The molecule has 0 aliphatic heterocycles. The van der Waals surface area contributed by atoms with Crippen molar-refractivity contribution in [2.24, 2.45) is 0 Å². The van der Waals surface area contributed by atoms with Gasteiger partial charge in [-0.25, -0.2) is 4.39 Å². The first-order chi connectivity index (χ1) is 10.1. The van der Waals surface area contributed by atoms with E-state index in [-0.39, 0.29) is 12.4 Å². The minimum absolute atomic E-state index is 0.230. The Hall–Kier alpha value is -1.69. The fourth-order valence-corrected chi connectivity index (χ4v) is 2.11. The molecule has 0 aliphatic rings. The van der Waals surface area contributed by atoms with Crippen LogP contribution in [0, 0.1) is 5.82 Å². The maximum Gasteiger partial charge on any atom is 0.129 e. The highest BCUT2D eigenvalue weighted by atomic mass is 19.1. The number of aliphatic hydroxyl groups is 1. The third-order valence-electron chi connectivity index (χ3n) is 3.00. The van der Waals surface area contributed by atoms with Crippen LogP contribution in [0.1, 0.15) is 11.3 Å². The minimum Gasteiger partial charge on any atom is -0.467 e. The average molecular weight is 293 g/mol. The zero-order valence-corrected chi connectivity index (χ0v) is 12.0. The fourth-order valence-electron chi connectivity index (χ4n) is 2.11. The molecular weight excluding hydrogens is 273 g/mol. The Morgan fingerprint density at radius 1 is 1.33 bits per heavy atom. The number of hydrogen-bond donors (Lipinski definition) is 1. The van der Waals surface area contributed by atoms with Crippen molar-refractivity contribution in [3.05, 3.63) is 59.8 Å². The molecule has 0 saturated carbocycles. The number of nitrogens with zero attached hydrogens (tertiary/aromatic N) is 1. The number of ether oxygens (including phenoxy) is 1. The number of likely N-dealkylation sites (N-methyl/N-ethyl adjacent to an activating group) is 1. The molecule has 21 heavy (non-hydrogen) atoms. The van der Waals surface area contributed by atoms with Gasteiger partial charge in [0.15, 0.2) is 0 Å². The highest BCUT2D eigenvalue weighted by molar-refractivity contribution is 5.16. The lowest BCUT2D eigenvalue weighted by atomic mass is 10.2. The molecule has 5 heteroatoms. The van der Waals surface area contributed by atoms with Crippen LogP contribution in [-0.4, -0.2) is 36.3 Å². The van der Waals surface area contributed by atoms with Gasteiger partial charge in [-0.3, -0.25) is 4.90 Å². The van der Waals surface area contributed by atoms with Gasteiger partial charge in [0.1, 0.15) is 18.2 Å². The van der Waals surface area contributed by atoms with Gasteiger partial charge in [-0.1, -0.05) is 12.1 Å². The van der Waals surface area contributed by atoms with Crippen molar-refractivity contribution in [2.45, 2.75) is 19.3 Å². The molecule has 0 amide bonds.